The molecule has 1 amide bonds. The molecule has 0 radical (unpaired) electrons. The van der Waals surface area contributed by atoms with E-state index in [1.807, 2.05) is 24.3 Å². The monoisotopic (exact) mass is 496 g/mol. The van der Waals surface area contributed by atoms with E-state index >= 15 is 0 Å². The number of rotatable bonds is 6. The maximum atomic E-state index is 11.8. The van der Waals surface area contributed by atoms with Crippen molar-refractivity contribution < 1.29 is 4.79 Å². The molecule has 2 aromatic rings. The molecule has 8 heteroatoms. The van der Waals surface area contributed by atoms with Gasteiger partial charge in [-0.15, -0.1) is 24.0 Å². The molecule has 2 N–H and O–H groups in total. The number of carbonyl (C=O) groups is 1. The Balaban J connectivity index is 0.00000280. The number of aromatic nitrogens is 2. The number of nitrogens with one attached hydrogen (secondary N) is 2. The lowest BCUT2D eigenvalue weighted by Crippen LogP contribution is -2.44. The van der Waals surface area contributed by atoms with Crippen LogP contribution in [0.15, 0.2) is 48.0 Å². The average molecular weight is 496 g/mol. The Kier molecular flexibility index (Phi) is 8.75. The Morgan fingerprint density at radius 1 is 1.36 bits per heavy atom. The van der Waals surface area contributed by atoms with E-state index in [1.165, 1.54) is 11.1 Å². The molecule has 1 atom stereocenters. The summed E-state index contributed by atoms with van der Waals surface area (Å²) in [5.74, 6) is 0.989. The fraction of sp³-hybridized carbons (Fsp3) is 0.450. The molecule has 1 aromatic carbocycles. The number of nitrogens with zero attached hydrogens (tertiary/aromatic N) is 4. The molecule has 1 saturated heterocycles. The van der Waals surface area contributed by atoms with Crippen molar-refractivity contribution in [1.82, 2.24) is 25.1 Å². The van der Waals surface area contributed by atoms with Gasteiger partial charge < -0.3 is 20.1 Å². The SMILES string of the molecule is CCC(=O)N1CCC(NC(=NC)NCc2cccc(Cn3ccnc3)c2)C1.I. The molecule has 0 saturated carbocycles. The van der Waals surface area contributed by atoms with E-state index in [4.69, 9.17) is 0 Å². The highest BCUT2D eigenvalue weighted by Gasteiger charge is 2.25. The summed E-state index contributed by atoms with van der Waals surface area (Å²) in [5.41, 5.74) is 2.43. The summed E-state index contributed by atoms with van der Waals surface area (Å²) in [6.07, 6.45) is 7.09. The van der Waals surface area contributed by atoms with Gasteiger partial charge in [0.1, 0.15) is 0 Å². The molecule has 152 valence electrons. The van der Waals surface area contributed by atoms with E-state index in [1.54, 1.807) is 13.2 Å². The summed E-state index contributed by atoms with van der Waals surface area (Å²) >= 11 is 0. The highest BCUT2D eigenvalue weighted by Crippen LogP contribution is 2.11. The summed E-state index contributed by atoms with van der Waals surface area (Å²) < 4.78 is 2.05. The fourth-order valence-corrected chi connectivity index (χ4v) is 3.33. The van der Waals surface area contributed by atoms with Crippen molar-refractivity contribution in [3.63, 3.8) is 0 Å². The molecule has 0 spiro atoms. The van der Waals surface area contributed by atoms with Crippen LogP contribution >= 0.6 is 24.0 Å². The Bertz CT molecular complexity index is 777. The van der Waals surface area contributed by atoms with E-state index in [0.717, 1.165) is 32.0 Å². The number of carbonyl (C=O) groups excluding carboxylic acids is 1. The summed E-state index contributed by atoms with van der Waals surface area (Å²) in [5, 5.41) is 6.80. The van der Waals surface area contributed by atoms with Crippen molar-refractivity contribution in [2.24, 2.45) is 4.99 Å². The van der Waals surface area contributed by atoms with Crippen LogP contribution in [0.1, 0.15) is 30.9 Å². The number of amides is 1. The standard InChI is InChI=1S/C20H28N6O.HI/c1-3-19(27)26-9-7-18(14-26)24-20(21-2)23-12-16-5-4-6-17(11-16)13-25-10-8-22-15-25;/h4-6,8,10-11,15,18H,3,7,9,12-14H2,1-2H3,(H2,21,23,24);1H. The second-order valence-corrected chi connectivity index (χ2v) is 6.80. The molecule has 28 heavy (non-hydrogen) atoms. The van der Waals surface area contributed by atoms with Gasteiger partial charge in [-0.2, -0.15) is 0 Å². The zero-order valence-electron chi connectivity index (χ0n) is 16.5. The molecule has 2 heterocycles. The van der Waals surface area contributed by atoms with Gasteiger partial charge in [-0.1, -0.05) is 31.2 Å². The Hall–Kier alpha value is -2.10. The predicted octanol–water partition coefficient (Wildman–Crippen LogP) is 2.23. The maximum absolute atomic E-state index is 11.8. The van der Waals surface area contributed by atoms with Crippen LogP contribution in [0.4, 0.5) is 0 Å². The van der Waals surface area contributed by atoms with Crippen LogP contribution in [-0.4, -0.2) is 52.5 Å². The number of imidazole rings is 1. The van der Waals surface area contributed by atoms with Crippen LogP contribution < -0.4 is 10.6 Å². The van der Waals surface area contributed by atoms with Gasteiger partial charge >= 0.3 is 0 Å². The molecular formula is C20H29IN6O. The number of hydrogen-bond acceptors (Lipinski definition) is 3. The number of aliphatic imine (C=N–C) groups is 1. The zero-order valence-corrected chi connectivity index (χ0v) is 18.8. The molecule has 1 unspecified atom stereocenters. The van der Waals surface area contributed by atoms with Crippen molar-refractivity contribution >= 4 is 35.8 Å². The fourth-order valence-electron chi connectivity index (χ4n) is 3.33. The van der Waals surface area contributed by atoms with Gasteiger partial charge in [-0.05, 0) is 17.5 Å². The smallest absolute Gasteiger partial charge is 0.222 e. The number of halogens is 1. The number of guanidine groups is 1. The normalized spacial score (nSPS) is 16.6. The van der Waals surface area contributed by atoms with Crippen molar-refractivity contribution in [2.45, 2.75) is 38.9 Å². The molecule has 1 aromatic heterocycles. The minimum atomic E-state index is 0. The van der Waals surface area contributed by atoms with Gasteiger partial charge in [-0.3, -0.25) is 9.79 Å². The van der Waals surface area contributed by atoms with Crippen LogP contribution in [0.5, 0.6) is 0 Å². The van der Waals surface area contributed by atoms with Gasteiger partial charge in [-0.25, -0.2) is 4.98 Å². The van der Waals surface area contributed by atoms with Crippen molar-refractivity contribution in [1.29, 1.82) is 0 Å². The van der Waals surface area contributed by atoms with Gasteiger partial charge in [0.15, 0.2) is 5.96 Å². The first-order valence-electron chi connectivity index (χ1n) is 9.46. The Morgan fingerprint density at radius 3 is 2.89 bits per heavy atom. The number of hydrogen-bond donors (Lipinski definition) is 2. The molecular weight excluding hydrogens is 467 g/mol. The van der Waals surface area contributed by atoms with Crippen molar-refractivity contribution in [2.75, 3.05) is 20.1 Å². The lowest BCUT2D eigenvalue weighted by molar-refractivity contribution is -0.129. The quantitative estimate of drug-likeness (QED) is 0.366. The second kappa shape index (κ2) is 11.0. The van der Waals surface area contributed by atoms with E-state index in [2.05, 4.69) is 49.4 Å². The maximum Gasteiger partial charge on any atom is 0.222 e. The van der Waals surface area contributed by atoms with Crippen LogP contribution in [-0.2, 0) is 17.9 Å². The van der Waals surface area contributed by atoms with Crippen molar-refractivity contribution in [3.8, 4) is 0 Å². The highest BCUT2D eigenvalue weighted by molar-refractivity contribution is 14.0. The molecule has 0 bridgehead atoms. The highest BCUT2D eigenvalue weighted by atomic mass is 127. The summed E-state index contributed by atoms with van der Waals surface area (Å²) in [7, 11) is 1.77. The number of benzene rings is 1. The third-order valence-corrected chi connectivity index (χ3v) is 4.78. The minimum absolute atomic E-state index is 0. The second-order valence-electron chi connectivity index (χ2n) is 6.80. The zero-order chi connectivity index (χ0) is 19.1. The molecule has 1 fully saturated rings. The number of likely N-dealkylation sites (tertiary alicyclic amines) is 1. The van der Waals surface area contributed by atoms with Gasteiger partial charge in [0.25, 0.3) is 0 Å². The van der Waals surface area contributed by atoms with Crippen molar-refractivity contribution in [3.05, 3.63) is 54.1 Å². The first-order valence-corrected chi connectivity index (χ1v) is 9.46. The average Bonchev–Trinajstić information content (AvgIpc) is 3.37. The molecule has 3 rings (SSSR count). The predicted molar refractivity (Wildman–Crippen MR) is 122 cm³/mol. The first kappa shape index (κ1) is 22.2. The summed E-state index contributed by atoms with van der Waals surface area (Å²) in [4.78, 5) is 22.1. The van der Waals surface area contributed by atoms with E-state index in [-0.39, 0.29) is 35.9 Å². The van der Waals surface area contributed by atoms with Gasteiger partial charge in [0, 0.05) is 58.1 Å². The lowest BCUT2D eigenvalue weighted by Gasteiger charge is -2.19. The third-order valence-electron chi connectivity index (χ3n) is 4.78. The van der Waals surface area contributed by atoms with E-state index in [0.29, 0.717) is 13.0 Å². The largest absolute Gasteiger partial charge is 0.352 e. The van der Waals surface area contributed by atoms with E-state index < -0.39 is 0 Å². The molecule has 7 nitrogen and oxygen atoms in total. The summed E-state index contributed by atoms with van der Waals surface area (Å²) in [6, 6.07) is 8.74. The molecule has 1 aliphatic heterocycles. The summed E-state index contributed by atoms with van der Waals surface area (Å²) in [6.45, 7) is 4.97. The topological polar surface area (TPSA) is 74.6 Å². The molecule has 0 aliphatic carbocycles. The van der Waals surface area contributed by atoms with Gasteiger partial charge in [0.2, 0.25) is 5.91 Å². The molecule has 1 aliphatic rings. The Labute approximate surface area is 183 Å². The Morgan fingerprint density at radius 2 is 2.18 bits per heavy atom. The van der Waals surface area contributed by atoms with Crippen LogP contribution in [0.2, 0.25) is 0 Å². The third kappa shape index (κ3) is 6.22. The van der Waals surface area contributed by atoms with Crippen LogP contribution in [0, 0.1) is 0 Å². The minimum Gasteiger partial charge on any atom is -0.352 e. The van der Waals surface area contributed by atoms with Gasteiger partial charge in [0.05, 0.1) is 6.33 Å². The van der Waals surface area contributed by atoms with E-state index in [9.17, 15) is 4.79 Å². The first-order chi connectivity index (χ1) is 13.2. The lowest BCUT2D eigenvalue weighted by atomic mass is 10.1. The van der Waals surface area contributed by atoms with Crippen LogP contribution in [0.3, 0.4) is 0 Å². The van der Waals surface area contributed by atoms with Crippen LogP contribution in [0.25, 0.3) is 0 Å².